The Labute approximate surface area is 372 Å². The smallest absolute Gasteiger partial charge is 0.293 e. The number of unbranched alkanes of at least 4 members (excludes halogenated alkanes) is 20. The topological polar surface area (TPSA) is 103 Å². The summed E-state index contributed by atoms with van der Waals surface area (Å²) in [4.78, 5) is 25.7. The fraction of sp³-hybridized carbons (Fsp3) is 0.556. The van der Waals surface area contributed by atoms with Crippen LogP contribution in [0, 0.1) is 0 Å². The summed E-state index contributed by atoms with van der Waals surface area (Å²) in [7, 11) is 1.82. The number of hydrogen-bond donors (Lipinski definition) is 2. The number of aliphatic hydroxyl groups excluding tert-OH is 2. The van der Waals surface area contributed by atoms with Gasteiger partial charge in [0.2, 0.25) is 0 Å². The van der Waals surface area contributed by atoms with Crippen molar-refractivity contribution in [2.45, 2.75) is 161 Å². The van der Waals surface area contributed by atoms with E-state index in [2.05, 4.69) is 13.0 Å². The highest BCUT2D eigenvalue weighted by Crippen LogP contribution is 2.24. The molecule has 5 aromatic rings. The van der Waals surface area contributed by atoms with Gasteiger partial charge in [0.25, 0.3) is 11.1 Å². The largest absolute Gasteiger partial charge is 0.494 e. The van der Waals surface area contributed by atoms with Crippen molar-refractivity contribution in [3.8, 4) is 22.6 Å². The van der Waals surface area contributed by atoms with Gasteiger partial charge in [-0.3, -0.25) is 9.59 Å². The molecule has 0 bridgehead atoms. The van der Waals surface area contributed by atoms with Crippen molar-refractivity contribution < 1.29 is 19.7 Å². The van der Waals surface area contributed by atoms with Crippen LogP contribution in [-0.4, -0.2) is 45.8 Å². The second-order valence-electron chi connectivity index (χ2n) is 17.0. The number of fused-ring (bicyclic) bond motifs is 2. The maximum atomic E-state index is 12.9. The van der Waals surface area contributed by atoms with Crippen molar-refractivity contribution in [2.24, 2.45) is 7.05 Å². The van der Waals surface area contributed by atoms with Crippen LogP contribution in [0.2, 0.25) is 0 Å². The normalized spacial score (nSPS) is 11.2. The van der Waals surface area contributed by atoms with Crippen LogP contribution >= 0.6 is 0 Å². The van der Waals surface area contributed by atoms with E-state index >= 15 is 0 Å². The molecular formula is C54H78N2O6. The third-order valence-corrected chi connectivity index (χ3v) is 11.9. The third kappa shape index (κ3) is 17.8. The Morgan fingerprint density at radius 2 is 0.952 bits per heavy atom. The molecule has 3 aromatic carbocycles. The highest BCUT2D eigenvalue weighted by atomic mass is 16.5. The fourth-order valence-electron chi connectivity index (χ4n) is 8.13. The Bertz CT molecular complexity index is 2070. The molecule has 0 aliphatic heterocycles. The SMILES string of the molecule is CCCCCn1c(=O)c(OCCCCCCCCCCCCO)cc2ccccc21.Cn1c(=O)c(-c2ccc(OCCCCCCCCCCCCO)cc2)cc2ccccc21. The van der Waals surface area contributed by atoms with Crippen LogP contribution < -0.4 is 20.6 Å². The van der Waals surface area contributed by atoms with Gasteiger partial charge >= 0.3 is 0 Å². The molecule has 8 nitrogen and oxygen atoms in total. The highest BCUT2D eigenvalue weighted by molar-refractivity contribution is 5.84. The summed E-state index contributed by atoms with van der Waals surface area (Å²) < 4.78 is 15.4. The second kappa shape index (κ2) is 30.6. The minimum absolute atomic E-state index is 0.00556. The molecule has 0 unspecified atom stereocenters. The first kappa shape index (κ1) is 50.2. The van der Waals surface area contributed by atoms with Gasteiger partial charge in [-0.25, -0.2) is 0 Å². The molecule has 0 amide bonds. The lowest BCUT2D eigenvalue weighted by Gasteiger charge is -2.13. The predicted octanol–water partition coefficient (Wildman–Crippen LogP) is 12.9. The fourth-order valence-corrected chi connectivity index (χ4v) is 8.13. The van der Waals surface area contributed by atoms with E-state index in [4.69, 9.17) is 19.7 Å². The molecule has 0 spiro atoms. The van der Waals surface area contributed by atoms with E-state index in [9.17, 15) is 9.59 Å². The number of aliphatic hydroxyl groups is 2. The summed E-state index contributed by atoms with van der Waals surface area (Å²) in [5.41, 5.74) is 3.60. The van der Waals surface area contributed by atoms with Crippen LogP contribution in [0.1, 0.15) is 155 Å². The zero-order valence-electron chi connectivity index (χ0n) is 38.3. The lowest BCUT2D eigenvalue weighted by Crippen LogP contribution is -2.23. The van der Waals surface area contributed by atoms with Crippen LogP contribution in [0.5, 0.6) is 11.5 Å². The lowest BCUT2D eigenvalue weighted by molar-refractivity contribution is 0.282. The summed E-state index contributed by atoms with van der Waals surface area (Å²) in [5.74, 6) is 1.35. The summed E-state index contributed by atoms with van der Waals surface area (Å²) in [6.45, 7) is 4.94. The molecule has 2 N–H and O–H groups in total. The number of nitrogens with zero attached hydrogens (tertiary/aromatic N) is 2. The molecule has 0 radical (unpaired) electrons. The number of benzene rings is 3. The average molecular weight is 851 g/mol. The quantitative estimate of drug-likeness (QED) is 0.0431. The van der Waals surface area contributed by atoms with Crippen molar-refractivity contribution >= 4 is 21.8 Å². The third-order valence-electron chi connectivity index (χ3n) is 11.9. The number of ether oxygens (including phenoxy) is 2. The Hall–Kier alpha value is -4.40. The minimum atomic E-state index is 0.00556. The van der Waals surface area contributed by atoms with E-state index in [1.807, 2.05) is 90.5 Å². The van der Waals surface area contributed by atoms with Crippen LogP contribution in [0.25, 0.3) is 32.9 Å². The van der Waals surface area contributed by atoms with Crippen molar-refractivity contribution in [3.05, 3.63) is 106 Å². The van der Waals surface area contributed by atoms with E-state index < -0.39 is 0 Å². The van der Waals surface area contributed by atoms with Gasteiger partial charge in [0, 0.05) is 37.8 Å². The first-order chi connectivity index (χ1) is 30.5. The van der Waals surface area contributed by atoms with Crippen LogP contribution in [0.3, 0.4) is 0 Å². The molecule has 0 atom stereocenters. The lowest BCUT2D eigenvalue weighted by atomic mass is 10.0. The second-order valence-corrected chi connectivity index (χ2v) is 17.0. The number of pyridine rings is 2. The first-order valence-electron chi connectivity index (χ1n) is 24.3. The van der Waals surface area contributed by atoms with Gasteiger partial charge < -0.3 is 28.8 Å². The zero-order valence-corrected chi connectivity index (χ0v) is 38.3. The van der Waals surface area contributed by atoms with Crippen LogP contribution in [-0.2, 0) is 13.6 Å². The maximum absolute atomic E-state index is 12.9. The van der Waals surface area contributed by atoms with Crippen molar-refractivity contribution in [1.29, 1.82) is 0 Å². The molecule has 8 heteroatoms. The number of hydrogen-bond acceptors (Lipinski definition) is 6. The van der Waals surface area contributed by atoms with Crippen molar-refractivity contribution in [1.82, 2.24) is 9.13 Å². The van der Waals surface area contributed by atoms with Gasteiger partial charge in [-0.15, -0.1) is 0 Å². The summed E-state index contributed by atoms with van der Waals surface area (Å²) in [6.07, 6.45) is 27.3. The number of para-hydroxylation sites is 2. The number of aryl methyl sites for hydroxylation is 2. The van der Waals surface area contributed by atoms with Gasteiger partial charge in [0.1, 0.15) is 5.75 Å². The number of aromatic nitrogens is 2. The molecule has 0 fully saturated rings. The van der Waals surface area contributed by atoms with E-state index in [1.54, 1.807) is 4.57 Å². The summed E-state index contributed by atoms with van der Waals surface area (Å²) in [6, 6.07) is 27.8. The van der Waals surface area contributed by atoms with Gasteiger partial charge in [-0.05, 0) is 79.5 Å². The van der Waals surface area contributed by atoms with Crippen molar-refractivity contribution in [2.75, 3.05) is 26.4 Å². The Morgan fingerprint density at radius 3 is 1.48 bits per heavy atom. The van der Waals surface area contributed by atoms with Gasteiger partial charge in [-0.2, -0.15) is 0 Å². The predicted molar refractivity (Wildman–Crippen MR) is 260 cm³/mol. The highest BCUT2D eigenvalue weighted by Gasteiger charge is 2.11. The van der Waals surface area contributed by atoms with E-state index in [0.717, 1.165) is 110 Å². The van der Waals surface area contributed by atoms with Crippen LogP contribution in [0.15, 0.2) is 94.5 Å². The molecule has 2 heterocycles. The average Bonchev–Trinajstić information content (AvgIpc) is 3.30. The Kier molecular flexibility index (Phi) is 24.8. The van der Waals surface area contributed by atoms with E-state index in [1.165, 1.54) is 83.5 Å². The molecule has 5 rings (SSSR count). The van der Waals surface area contributed by atoms with Crippen LogP contribution in [0.4, 0.5) is 0 Å². The maximum Gasteiger partial charge on any atom is 0.293 e. The summed E-state index contributed by atoms with van der Waals surface area (Å²) in [5, 5.41) is 19.7. The minimum Gasteiger partial charge on any atom is -0.494 e. The molecule has 2 aromatic heterocycles. The van der Waals surface area contributed by atoms with Gasteiger partial charge in [-0.1, -0.05) is 171 Å². The number of rotatable bonds is 31. The monoisotopic (exact) mass is 851 g/mol. The molecule has 62 heavy (non-hydrogen) atoms. The van der Waals surface area contributed by atoms with E-state index in [-0.39, 0.29) is 11.1 Å². The first-order valence-corrected chi connectivity index (χ1v) is 24.3. The standard InChI is InChI=1S/C28H37NO3.C26H41NO3/c1-29-27-15-11-10-14-24(27)22-26(28(29)31)23-16-18-25(19-17-23)32-21-13-9-7-5-3-2-4-6-8-12-20-30;1-2-3-14-19-27-24-18-13-12-17-23(24)22-25(26(27)29)30-21-16-11-9-7-5-4-6-8-10-15-20-28/h10-11,14-19,22,30H,2-9,12-13,20-21H2,1H3;12-13,17-18,22,28H,2-11,14-16,19-21H2,1H3. The zero-order chi connectivity index (χ0) is 44.0. The summed E-state index contributed by atoms with van der Waals surface area (Å²) >= 11 is 0. The van der Waals surface area contributed by atoms with Crippen molar-refractivity contribution in [3.63, 3.8) is 0 Å². The molecule has 0 aliphatic carbocycles. The molecule has 340 valence electrons. The van der Waals surface area contributed by atoms with Gasteiger partial charge in [0.15, 0.2) is 5.75 Å². The van der Waals surface area contributed by atoms with Gasteiger partial charge in [0.05, 0.1) is 24.2 Å². The molecule has 0 saturated heterocycles. The van der Waals surface area contributed by atoms with E-state index in [0.29, 0.717) is 31.1 Å². The Balaban J connectivity index is 0.000000273. The molecule has 0 saturated carbocycles. The Morgan fingerprint density at radius 1 is 0.484 bits per heavy atom. The molecular weight excluding hydrogens is 773 g/mol. The molecule has 0 aliphatic rings.